The summed E-state index contributed by atoms with van der Waals surface area (Å²) in [6.07, 6.45) is 0. The van der Waals surface area contributed by atoms with Crippen molar-refractivity contribution in [2.45, 2.75) is 15.7 Å². The van der Waals surface area contributed by atoms with E-state index >= 15 is 0 Å². The quantitative estimate of drug-likeness (QED) is 0.748. The number of halogens is 1. The highest BCUT2D eigenvalue weighted by molar-refractivity contribution is 7.99. The molecule has 0 aromatic heterocycles. The van der Waals surface area contributed by atoms with Crippen molar-refractivity contribution < 1.29 is 4.74 Å². The van der Waals surface area contributed by atoms with Gasteiger partial charge in [0.25, 0.3) is 0 Å². The maximum atomic E-state index is 5.76. The molecule has 88 valence electrons. The zero-order chi connectivity index (χ0) is 12.1. The maximum absolute atomic E-state index is 5.76. The van der Waals surface area contributed by atoms with Crippen LogP contribution in [-0.4, -0.2) is 7.11 Å². The van der Waals surface area contributed by atoms with Crippen LogP contribution in [0.2, 0.25) is 0 Å². The van der Waals surface area contributed by atoms with Gasteiger partial charge in [0, 0.05) is 15.7 Å². The highest BCUT2D eigenvalue weighted by Crippen LogP contribution is 2.30. The molecule has 17 heavy (non-hydrogen) atoms. The van der Waals surface area contributed by atoms with E-state index in [0.717, 1.165) is 11.3 Å². The van der Waals surface area contributed by atoms with Gasteiger partial charge in [-0.15, -0.1) is 11.6 Å². The fraction of sp³-hybridized carbons (Fsp3) is 0.143. The molecule has 2 aromatic carbocycles. The second kappa shape index (κ2) is 5.99. The molecule has 0 aliphatic heterocycles. The molecular formula is C14H13ClOS. The van der Waals surface area contributed by atoms with E-state index in [0.29, 0.717) is 5.88 Å². The largest absolute Gasteiger partial charge is 0.497 e. The molecule has 0 fully saturated rings. The van der Waals surface area contributed by atoms with Crippen molar-refractivity contribution in [1.29, 1.82) is 0 Å². The Hall–Kier alpha value is -1.12. The van der Waals surface area contributed by atoms with Crippen LogP contribution in [0.3, 0.4) is 0 Å². The molecule has 3 heteroatoms. The van der Waals surface area contributed by atoms with Crippen LogP contribution in [0.15, 0.2) is 58.3 Å². The molecule has 0 aliphatic carbocycles. The average molecular weight is 265 g/mol. The third-order valence-electron chi connectivity index (χ3n) is 2.35. The average Bonchev–Trinajstić information content (AvgIpc) is 2.40. The fourth-order valence-electron chi connectivity index (χ4n) is 1.45. The van der Waals surface area contributed by atoms with Crippen LogP contribution >= 0.6 is 23.4 Å². The lowest BCUT2D eigenvalue weighted by atomic mass is 10.2. The first-order valence-electron chi connectivity index (χ1n) is 5.28. The van der Waals surface area contributed by atoms with Gasteiger partial charge in [-0.3, -0.25) is 0 Å². The fourth-order valence-corrected chi connectivity index (χ4v) is 2.49. The summed E-state index contributed by atoms with van der Waals surface area (Å²) in [5.41, 5.74) is 1.14. The van der Waals surface area contributed by atoms with Crippen LogP contribution in [0.1, 0.15) is 5.56 Å². The van der Waals surface area contributed by atoms with Crippen LogP contribution in [0, 0.1) is 0 Å². The molecule has 0 amide bonds. The normalized spacial score (nSPS) is 10.2. The summed E-state index contributed by atoms with van der Waals surface area (Å²) in [6, 6.07) is 16.3. The molecule has 0 spiro atoms. The molecule has 1 nitrogen and oxygen atoms in total. The first-order valence-corrected chi connectivity index (χ1v) is 6.64. The second-order valence-electron chi connectivity index (χ2n) is 3.56. The number of hydrogen-bond donors (Lipinski definition) is 0. The molecule has 0 aliphatic rings. The molecule has 2 aromatic rings. The monoisotopic (exact) mass is 264 g/mol. The lowest BCUT2D eigenvalue weighted by Crippen LogP contribution is -1.82. The minimum absolute atomic E-state index is 0.560. The Labute approximate surface area is 111 Å². The van der Waals surface area contributed by atoms with Gasteiger partial charge in [0.2, 0.25) is 0 Å². The Bertz CT molecular complexity index is 482. The Balaban J connectivity index is 2.13. The summed E-state index contributed by atoms with van der Waals surface area (Å²) >= 11 is 7.47. The minimum atomic E-state index is 0.560. The summed E-state index contributed by atoms with van der Waals surface area (Å²) in [7, 11) is 1.68. The first-order chi connectivity index (χ1) is 8.31. The third-order valence-corrected chi connectivity index (χ3v) is 3.66. The third kappa shape index (κ3) is 3.42. The summed E-state index contributed by atoms with van der Waals surface area (Å²) in [5.74, 6) is 1.44. The van der Waals surface area contributed by atoms with E-state index in [1.165, 1.54) is 9.79 Å². The molecule has 2 rings (SSSR count). The van der Waals surface area contributed by atoms with Crippen molar-refractivity contribution in [3.63, 3.8) is 0 Å². The van der Waals surface area contributed by atoms with Crippen LogP contribution in [0.5, 0.6) is 5.75 Å². The number of hydrogen-bond acceptors (Lipinski definition) is 2. The zero-order valence-electron chi connectivity index (χ0n) is 9.52. The van der Waals surface area contributed by atoms with Crippen LogP contribution in [0.4, 0.5) is 0 Å². The van der Waals surface area contributed by atoms with E-state index in [9.17, 15) is 0 Å². The summed E-state index contributed by atoms with van der Waals surface area (Å²) in [4.78, 5) is 2.37. The van der Waals surface area contributed by atoms with Gasteiger partial charge in [-0.25, -0.2) is 0 Å². The van der Waals surface area contributed by atoms with Crippen molar-refractivity contribution in [3.8, 4) is 5.75 Å². The molecule has 0 bridgehead atoms. The molecule has 0 saturated carbocycles. The van der Waals surface area contributed by atoms with Gasteiger partial charge < -0.3 is 4.74 Å². The van der Waals surface area contributed by atoms with E-state index in [4.69, 9.17) is 16.3 Å². The highest BCUT2D eigenvalue weighted by atomic mass is 35.5. The van der Waals surface area contributed by atoms with Gasteiger partial charge in [0.05, 0.1) is 7.11 Å². The van der Waals surface area contributed by atoms with Crippen molar-refractivity contribution >= 4 is 23.4 Å². The standard InChI is InChI=1S/C14H13ClOS/c1-16-12-3-2-4-14(9-12)17-13-7-5-11(10-15)6-8-13/h2-9H,10H2,1H3. The first kappa shape index (κ1) is 12.3. The number of rotatable bonds is 4. The summed E-state index contributed by atoms with van der Waals surface area (Å²) in [5, 5.41) is 0. The molecule has 0 saturated heterocycles. The van der Waals surface area contributed by atoms with Gasteiger partial charge in [-0.2, -0.15) is 0 Å². The Morgan fingerprint density at radius 1 is 1.06 bits per heavy atom. The molecule has 0 N–H and O–H groups in total. The topological polar surface area (TPSA) is 9.23 Å². The van der Waals surface area contributed by atoms with E-state index in [1.807, 2.05) is 18.2 Å². The Morgan fingerprint density at radius 3 is 2.47 bits per heavy atom. The van der Waals surface area contributed by atoms with Gasteiger partial charge >= 0.3 is 0 Å². The van der Waals surface area contributed by atoms with Crippen LogP contribution < -0.4 is 4.74 Å². The van der Waals surface area contributed by atoms with Gasteiger partial charge in [-0.05, 0) is 35.9 Å². The number of benzene rings is 2. The molecular weight excluding hydrogens is 252 g/mol. The number of methoxy groups -OCH3 is 1. The highest BCUT2D eigenvalue weighted by Gasteiger charge is 1.99. The predicted molar refractivity (Wildman–Crippen MR) is 73.1 cm³/mol. The molecule has 0 atom stereocenters. The molecule has 0 radical (unpaired) electrons. The lowest BCUT2D eigenvalue weighted by Gasteiger charge is -2.04. The lowest BCUT2D eigenvalue weighted by molar-refractivity contribution is 0.413. The summed E-state index contributed by atoms with van der Waals surface area (Å²) in [6.45, 7) is 0. The Morgan fingerprint density at radius 2 is 1.82 bits per heavy atom. The van der Waals surface area contributed by atoms with E-state index < -0.39 is 0 Å². The number of alkyl halides is 1. The van der Waals surface area contributed by atoms with E-state index in [2.05, 4.69) is 30.3 Å². The molecule has 0 unspecified atom stereocenters. The SMILES string of the molecule is COc1cccc(Sc2ccc(CCl)cc2)c1. The van der Waals surface area contributed by atoms with E-state index in [-0.39, 0.29) is 0 Å². The van der Waals surface area contributed by atoms with Gasteiger partial charge in [-0.1, -0.05) is 30.0 Å². The van der Waals surface area contributed by atoms with Crippen LogP contribution in [-0.2, 0) is 5.88 Å². The number of ether oxygens (including phenoxy) is 1. The zero-order valence-corrected chi connectivity index (χ0v) is 11.1. The second-order valence-corrected chi connectivity index (χ2v) is 4.97. The molecule has 0 heterocycles. The minimum Gasteiger partial charge on any atom is -0.497 e. The maximum Gasteiger partial charge on any atom is 0.119 e. The van der Waals surface area contributed by atoms with E-state index in [1.54, 1.807) is 18.9 Å². The van der Waals surface area contributed by atoms with Crippen LogP contribution in [0.25, 0.3) is 0 Å². The van der Waals surface area contributed by atoms with Crippen molar-refractivity contribution in [3.05, 3.63) is 54.1 Å². The summed E-state index contributed by atoms with van der Waals surface area (Å²) < 4.78 is 5.20. The van der Waals surface area contributed by atoms with Gasteiger partial charge in [0.15, 0.2) is 0 Å². The van der Waals surface area contributed by atoms with Gasteiger partial charge in [0.1, 0.15) is 5.75 Å². The van der Waals surface area contributed by atoms with Crippen molar-refractivity contribution in [1.82, 2.24) is 0 Å². The smallest absolute Gasteiger partial charge is 0.119 e. The van der Waals surface area contributed by atoms with Crippen molar-refractivity contribution in [2.24, 2.45) is 0 Å². The van der Waals surface area contributed by atoms with Crippen molar-refractivity contribution in [2.75, 3.05) is 7.11 Å². The Kier molecular flexibility index (Phi) is 4.35. The predicted octanol–water partition coefficient (Wildman–Crippen LogP) is 4.59.